The van der Waals surface area contributed by atoms with Crippen molar-refractivity contribution in [1.82, 2.24) is 10.4 Å². The average molecular weight is 195 g/mol. The van der Waals surface area contributed by atoms with E-state index in [1.807, 2.05) is 0 Å². The minimum Gasteiger partial charge on any atom is -0.289 e. The maximum Gasteiger partial charge on any atom is 0.235 e. The van der Waals surface area contributed by atoms with Crippen LogP contribution in [-0.4, -0.2) is 30.3 Å². The lowest BCUT2D eigenvalue weighted by Gasteiger charge is -2.10. The number of nitrogens with one attached hydrogen (secondary N) is 1. The highest BCUT2D eigenvalue weighted by Gasteiger charge is 1.97. The van der Waals surface area contributed by atoms with Gasteiger partial charge in [-0.15, -0.1) is 0 Å². The van der Waals surface area contributed by atoms with E-state index < -0.39 is 0 Å². The summed E-state index contributed by atoms with van der Waals surface area (Å²) < 4.78 is 0. The van der Waals surface area contributed by atoms with Crippen molar-refractivity contribution in [3.05, 3.63) is 0 Å². The molecule has 0 bridgehead atoms. The van der Waals surface area contributed by atoms with Gasteiger partial charge in [0.05, 0.1) is 0 Å². The summed E-state index contributed by atoms with van der Waals surface area (Å²) in [6.45, 7) is 0. The number of hydrazine groups is 1. The van der Waals surface area contributed by atoms with Crippen molar-refractivity contribution in [2.75, 3.05) is 19.4 Å². The topological polar surface area (TPSA) is 32.3 Å². The van der Waals surface area contributed by atoms with Crippen molar-refractivity contribution in [3.8, 4) is 0 Å². The number of amides is 1. The summed E-state index contributed by atoms with van der Waals surface area (Å²) in [7, 11) is 3.57. The molecule has 4 heteroatoms. The maximum atomic E-state index is 10.7. The predicted octanol–water partition coefficient (Wildman–Crippen LogP) is 0.364. The lowest BCUT2D eigenvalue weighted by atomic mass is 10.5. The highest BCUT2D eigenvalue weighted by Crippen LogP contribution is 1.86. The summed E-state index contributed by atoms with van der Waals surface area (Å²) in [6, 6.07) is 0. The standard InChI is InChI=1S/C5H11BrN2O/c1-8(2)7-5(9)3-4-6/h3-4H2,1-2H3,(H,7,9). The van der Waals surface area contributed by atoms with E-state index in [4.69, 9.17) is 0 Å². The molecule has 0 aromatic rings. The molecule has 0 spiro atoms. The summed E-state index contributed by atoms with van der Waals surface area (Å²) in [5, 5.41) is 2.34. The predicted molar refractivity (Wildman–Crippen MR) is 40.2 cm³/mol. The van der Waals surface area contributed by atoms with Crippen LogP contribution in [0, 0.1) is 0 Å². The van der Waals surface area contributed by atoms with E-state index >= 15 is 0 Å². The van der Waals surface area contributed by atoms with Crippen molar-refractivity contribution >= 4 is 21.8 Å². The highest BCUT2D eigenvalue weighted by atomic mass is 79.9. The molecule has 0 fully saturated rings. The Hall–Kier alpha value is -0.0900. The molecule has 0 saturated heterocycles. The van der Waals surface area contributed by atoms with Gasteiger partial charge < -0.3 is 0 Å². The number of hydrogen-bond donors (Lipinski definition) is 1. The fourth-order valence-corrected chi connectivity index (χ4v) is 0.751. The first-order chi connectivity index (χ1) is 4.16. The average Bonchev–Trinajstić information content (AvgIpc) is 1.63. The second-order valence-corrected chi connectivity index (χ2v) is 2.66. The molecule has 0 aromatic heterocycles. The summed E-state index contributed by atoms with van der Waals surface area (Å²) in [5.41, 5.74) is 2.61. The fraction of sp³-hybridized carbons (Fsp3) is 0.800. The van der Waals surface area contributed by atoms with Gasteiger partial charge in [-0.05, 0) is 0 Å². The van der Waals surface area contributed by atoms with Crippen LogP contribution in [-0.2, 0) is 4.79 Å². The monoisotopic (exact) mass is 194 g/mol. The summed E-state index contributed by atoms with van der Waals surface area (Å²) in [4.78, 5) is 10.7. The molecule has 0 aromatic carbocycles. The van der Waals surface area contributed by atoms with Gasteiger partial charge in [0.1, 0.15) is 0 Å². The van der Waals surface area contributed by atoms with Gasteiger partial charge in [0.2, 0.25) is 5.91 Å². The van der Waals surface area contributed by atoms with Crippen molar-refractivity contribution in [2.45, 2.75) is 6.42 Å². The molecule has 0 radical (unpaired) electrons. The fourth-order valence-electron chi connectivity index (χ4n) is 0.391. The lowest BCUT2D eigenvalue weighted by Crippen LogP contribution is -2.36. The van der Waals surface area contributed by atoms with E-state index in [-0.39, 0.29) is 5.91 Å². The minimum absolute atomic E-state index is 0.0388. The SMILES string of the molecule is CN(C)NC(=O)CCBr. The molecular weight excluding hydrogens is 184 g/mol. The third-order valence-corrected chi connectivity index (χ3v) is 1.07. The van der Waals surface area contributed by atoms with E-state index in [9.17, 15) is 4.79 Å². The normalized spacial score (nSPS) is 9.78. The highest BCUT2D eigenvalue weighted by molar-refractivity contribution is 9.09. The van der Waals surface area contributed by atoms with Crippen LogP contribution in [0.4, 0.5) is 0 Å². The third kappa shape index (κ3) is 5.79. The minimum atomic E-state index is 0.0388. The Kier molecular flexibility index (Phi) is 4.71. The zero-order chi connectivity index (χ0) is 7.28. The van der Waals surface area contributed by atoms with Crippen LogP contribution < -0.4 is 5.43 Å². The molecule has 0 aliphatic rings. The van der Waals surface area contributed by atoms with Gasteiger partial charge in [0.15, 0.2) is 0 Å². The van der Waals surface area contributed by atoms with Crippen LogP contribution in [0.2, 0.25) is 0 Å². The largest absolute Gasteiger partial charge is 0.289 e. The molecule has 0 aliphatic carbocycles. The first kappa shape index (κ1) is 8.91. The van der Waals surface area contributed by atoms with Gasteiger partial charge in [0, 0.05) is 25.8 Å². The van der Waals surface area contributed by atoms with Gasteiger partial charge in [0.25, 0.3) is 0 Å². The Morgan fingerprint density at radius 1 is 1.67 bits per heavy atom. The molecular formula is C5H11BrN2O. The van der Waals surface area contributed by atoms with Crippen molar-refractivity contribution in [1.29, 1.82) is 0 Å². The van der Waals surface area contributed by atoms with Crippen LogP contribution in [0.3, 0.4) is 0 Å². The first-order valence-electron chi connectivity index (χ1n) is 2.69. The van der Waals surface area contributed by atoms with Crippen molar-refractivity contribution in [2.24, 2.45) is 0 Å². The number of alkyl halides is 1. The maximum absolute atomic E-state index is 10.7. The van der Waals surface area contributed by atoms with Crippen molar-refractivity contribution < 1.29 is 4.79 Å². The third-order valence-electron chi connectivity index (χ3n) is 0.670. The van der Waals surface area contributed by atoms with E-state index in [0.717, 1.165) is 0 Å². The molecule has 0 atom stereocenters. The number of hydrogen-bond acceptors (Lipinski definition) is 2. The second kappa shape index (κ2) is 4.76. The molecule has 9 heavy (non-hydrogen) atoms. The summed E-state index contributed by atoms with van der Waals surface area (Å²) in [5.74, 6) is 0.0388. The van der Waals surface area contributed by atoms with Gasteiger partial charge in [-0.3, -0.25) is 10.2 Å². The molecule has 3 nitrogen and oxygen atoms in total. The molecule has 0 unspecified atom stereocenters. The molecule has 1 amide bonds. The van der Waals surface area contributed by atoms with Gasteiger partial charge in [-0.2, -0.15) is 0 Å². The van der Waals surface area contributed by atoms with Gasteiger partial charge >= 0.3 is 0 Å². The van der Waals surface area contributed by atoms with E-state index in [1.165, 1.54) is 0 Å². The number of rotatable bonds is 3. The Balaban J connectivity index is 3.27. The first-order valence-corrected chi connectivity index (χ1v) is 3.81. The molecule has 0 aliphatic heterocycles. The number of halogens is 1. The Morgan fingerprint density at radius 2 is 2.22 bits per heavy atom. The number of nitrogens with zero attached hydrogens (tertiary/aromatic N) is 1. The summed E-state index contributed by atoms with van der Waals surface area (Å²) >= 11 is 3.16. The van der Waals surface area contributed by atoms with Crippen molar-refractivity contribution in [3.63, 3.8) is 0 Å². The van der Waals surface area contributed by atoms with E-state index in [0.29, 0.717) is 11.8 Å². The van der Waals surface area contributed by atoms with Gasteiger partial charge in [-0.1, -0.05) is 15.9 Å². The Morgan fingerprint density at radius 3 is 2.56 bits per heavy atom. The van der Waals surface area contributed by atoms with Gasteiger partial charge in [-0.25, -0.2) is 5.01 Å². The molecule has 54 valence electrons. The van der Waals surface area contributed by atoms with Crippen LogP contribution in [0.5, 0.6) is 0 Å². The quantitative estimate of drug-likeness (QED) is 0.521. The second-order valence-electron chi connectivity index (χ2n) is 1.87. The van der Waals surface area contributed by atoms with Crippen LogP contribution in [0.25, 0.3) is 0 Å². The van der Waals surface area contributed by atoms with Crippen LogP contribution in [0.15, 0.2) is 0 Å². The summed E-state index contributed by atoms with van der Waals surface area (Å²) in [6.07, 6.45) is 0.526. The number of carbonyl (C=O) groups excluding carboxylic acids is 1. The van der Waals surface area contributed by atoms with E-state index in [1.54, 1.807) is 19.1 Å². The van der Waals surface area contributed by atoms with Crippen LogP contribution >= 0.6 is 15.9 Å². The Bertz CT molecular complexity index is 95.0. The lowest BCUT2D eigenvalue weighted by molar-refractivity contribution is -0.124. The molecule has 0 rings (SSSR count). The zero-order valence-corrected chi connectivity index (χ0v) is 7.23. The molecule has 0 saturated carbocycles. The number of carbonyl (C=O) groups is 1. The smallest absolute Gasteiger partial charge is 0.235 e. The molecule has 1 N–H and O–H groups in total. The molecule has 0 heterocycles. The Labute approximate surface area is 63.5 Å². The van der Waals surface area contributed by atoms with Crippen LogP contribution in [0.1, 0.15) is 6.42 Å². The van der Waals surface area contributed by atoms with E-state index in [2.05, 4.69) is 21.4 Å². The zero-order valence-electron chi connectivity index (χ0n) is 5.65.